The second-order valence-electron chi connectivity index (χ2n) is 4.70. The number of carboxylic acid groups (broad SMARTS) is 1. The molecule has 2 aromatic rings. The molecule has 0 bridgehead atoms. The summed E-state index contributed by atoms with van der Waals surface area (Å²) in [6.45, 7) is 0. The highest BCUT2D eigenvalue weighted by atomic mass is 35.5. The van der Waals surface area contributed by atoms with Crippen molar-refractivity contribution in [3.8, 4) is 0 Å². The number of amides is 1. The van der Waals surface area contributed by atoms with Gasteiger partial charge in [0.15, 0.2) is 0 Å². The van der Waals surface area contributed by atoms with Gasteiger partial charge in [-0.05, 0) is 18.4 Å². The SMILES string of the molecule is NC(=O)c1[nH]c2c(Cl)cc([N+](=O)[O-])cc2c1CCCC(=O)O. The quantitative estimate of drug-likeness (QED) is 0.552. The summed E-state index contributed by atoms with van der Waals surface area (Å²) in [5.74, 6) is -1.70. The summed E-state index contributed by atoms with van der Waals surface area (Å²) < 4.78 is 0. The number of carboxylic acids is 1. The van der Waals surface area contributed by atoms with Crippen LogP contribution in [0, 0.1) is 10.1 Å². The number of primary amides is 1. The lowest BCUT2D eigenvalue weighted by molar-refractivity contribution is -0.384. The standard InChI is InChI=1S/C13H12ClN3O5/c14-9-5-6(17(21)22)4-8-7(2-1-3-10(18)19)12(13(15)20)16-11(8)9/h4-5,16H,1-3H2,(H2,15,20)(H,18,19). The fourth-order valence-corrected chi connectivity index (χ4v) is 2.55. The van der Waals surface area contributed by atoms with Crippen molar-refractivity contribution in [2.24, 2.45) is 5.73 Å². The first-order valence-electron chi connectivity index (χ1n) is 6.31. The Hall–Kier alpha value is -2.61. The van der Waals surface area contributed by atoms with Crippen LogP contribution in [0.15, 0.2) is 12.1 Å². The van der Waals surface area contributed by atoms with E-state index in [1.165, 1.54) is 12.1 Å². The predicted octanol–water partition coefficient (Wildman–Crippen LogP) is 2.24. The van der Waals surface area contributed by atoms with E-state index in [0.29, 0.717) is 16.5 Å². The van der Waals surface area contributed by atoms with E-state index in [4.69, 9.17) is 22.4 Å². The van der Waals surface area contributed by atoms with Gasteiger partial charge in [0.25, 0.3) is 11.6 Å². The average molecular weight is 326 g/mol. The number of carbonyl (C=O) groups excluding carboxylic acids is 1. The Kier molecular flexibility index (Phi) is 4.32. The molecule has 0 fully saturated rings. The summed E-state index contributed by atoms with van der Waals surface area (Å²) in [6, 6.07) is 2.46. The Bertz CT molecular complexity index is 784. The molecule has 0 atom stereocenters. The van der Waals surface area contributed by atoms with E-state index in [-0.39, 0.29) is 35.7 Å². The Balaban J connectivity index is 2.58. The Morgan fingerprint density at radius 3 is 2.64 bits per heavy atom. The number of nitrogens with two attached hydrogens (primary N) is 1. The number of aromatic amines is 1. The van der Waals surface area contributed by atoms with Gasteiger partial charge < -0.3 is 15.8 Å². The van der Waals surface area contributed by atoms with Crippen molar-refractivity contribution in [1.29, 1.82) is 0 Å². The van der Waals surface area contributed by atoms with Gasteiger partial charge in [0.2, 0.25) is 0 Å². The number of fused-ring (bicyclic) bond motifs is 1. The third kappa shape index (κ3) is 3.01. The van der Waals surface area contributed by atoms with Crippen molar-refractivity contribution in [2.45, 2.75) is 19.3 Å². The summed E-state index contributed by atoms with van der Waals surface area (Å²) in [7, 11) is 0. The number of rotatable bonds is 6. The van der Waals surface area contributed by atoms with E-state index in [2.05, 4.69) is 4.98 Å². The zero-order valence-corrected chi connectivity index (χ0v) is 12.0. The Morgan fingerprint density at radius 1 is 1.41 bits per heavy atom. The molecular weight excluding hydrogens is 314 g/mol. The number of nitro groups is 1. The molecule has 0 aliphatic rings. The lowest BCUT2D eigenvalue weighted by atomic mass is 10.0. The number of nitrogens with zero attached hydrogens (tertiary/aromatic N) is 1. The van der Waals surface area contributed by atoms with Crippen LogP contribution in [0.4, 0.5) is 5.69 Å². The highest BCUT2D eigenvalue weighted by Crippen LogP contribution is 2.33. The molecule has 1 aromatic heterocycles. The maximum absolute atomic E-state index is 11.5. The molecule has 22 heavy (non-hydrogen) atoms. The second kappa shape index (κ2) is 6.02. The van der Waals surface area contributed by atoms with E-state index < -0.39 is 16.8 Å². The number of carbonyl (C=O) groups is 2. The smallest absolute Gasteiger partial charge is 0.303 e. The fraction of sp³-hybridized carbons (Fsp3) is 0.231. The first kappa shape index (κ1) is 15.8. The predicted molar refractivity (Wildman–Crippen MR) is 79.1 cm³/mol. The molecule has 116 valence electrons. The third-order valence-corrected chi connectivity index (χ3v) is 3.52. The lowest BCUT2D eigenvalue weighted by Crippen LogP contribution is -2.13. The monoisotopic (exact) mass is 325 g/mol. The number of H-pyrrole nitrogens is 1. The number of nitro benzene ring substituents is 1. The van der Waals surface area contributed by atoms with E-state index in [1.54, 1.807) is 0 Å². The largest absolute Gasteiger partial charge is 0.481 e. The zero-order valence-electron chi connectivity index (χ0n) is 11.3. The van der Waals surface area contributed by atoms with Crippen LogP contribution in [-0.2, 0) is 11.2 Å². The van der Waals surface area contributed by atoms with Gasteiger partial charge in [0.1, 0.15) is 5.69 Å². The van der Waals surface area contributed by atoms with Crippen LogP contribution in [0.5, 0.6) is 0 Å². The first-order valence-corrected chi connectivity index (χ1v) is 6.69. The highest BCUT2D eigenvalue weighted by Gasteiger charge is 2.20. The molecule has 0 radical (unpaired) electrons. The van der Waals surface area contributed by atoms with Gasteiger partial charge in [-0.2, -0.15) is 0 Å². The number of hydrogen-bond donors (Lipinski definition) is 3. The van der Waals surface area contributed by atoms with Crippen LogP contribution in [-0.4, -0.2) is 26.9 Å². The van der Waals surface area contributed by atoms with Gasteiger partial charge >= 0.3 is 5.97 Å². The number of aliphatic carboxylic acids is 1. The van der Waals surface area contributed by atoms with E-state index in [9.17, 15) is 19.7 Å². The molecule has 0 aliphatic heterocycles. The summed E-state index contributed by atoms with van der Waals surface area (Å²) >= 11 is 6.00. The summed E-state index contributed by atoms with van der Waals surface area (Å²) in [4.78, 5) is 35.2. The number of non-ortho nitro benzene ring substituents is 1. The van der Waals surface area contributed by atoms with Crippen LogP contribution >= 0.6 is 11.6 Å². The van der Waals surface area contributed by atoms with Gasteiger partial charge in [0, 0.05) is 23.9 Å². The molecule has 1 aromatic carbocycles. The van der Waals surface area contributed by atoms with Crippen LogP contribution in [0.2, 0.25) is 5.02 Å². The molecule has 0 unspecified atom stereocenters. The van der Waals surface area contributed by atoms with Crippen molar-refractivity contribution in [3.63, 3.8) is 0 Å². The summed E-state index contributed by atoms with van der Waals surface area (Å²) in [5, 5.41) is 20.1. The minimum absolute atomic E-state index is 0.0859. The van der Waals surface area contributed by atoms with Gasteiger partial charge in [-0.1, -0.05) is 11.6 Å². The average Bonchev–Trinajstić information content (AvgIpc) is 2.78. The van der Waals surface area contributed by atoms with Crippen molar-refractivity contribution in [3.05, 3.63) is 38.5 Å². The maximum Gasteiger partial charge on any atom is 0.303 e. The van der Waals surface area contributed by atoms with Crippen molar-refractivity contribution >= 4 is 40.1 Å². The van der Waals surface area contributed by atoms with Crippen LogP contribution in [0.1, 0.15) is 28.9 Å². The Morgan fingerprint density at radius 2 is 2.09 bits per heavy atom. The molecular formula is C13H12ClN3O5. The van der Waals surface area contributed by atoms with Crippen LogP contribution in [0.3, 0.4) is 0 Å². The zero-order chi connectivity index (χ0) is 16.4. The number of benzene rings is 1. The molecule has 0 spiro atoms. The van der Waals surface area contributed by atoms with Crippen molar-refractivity contribution < 1.29 is 19.6 Å². The highest BCUT2D eigenvalue weighted by molar-refractivity contribution is 6.35. The van der Waals surface area contributed by atoms with E-state index in [1.807, 2.05) is 0 Å². The van der Waals surface area contributed by atoms with Crippen molar-refractivity contribution in [2.75, 3.05) is 0 Å². The topological polar surface area (TPSA) is 139 Å². The first-order chi connectivity index (χ1) is 10.3. The number of halogens is 1. The molecule has 1 amide bonds. The van der Waals surface area contributed by atoms with E-state index >= 15 is 0 Å². The molecule has 0 saturated carbocycles. The minimum atomic E-state index is -0.968. The summed E-state index contributed by atoms with van der Waals surface area (Å²) in [5.41, 5.74) is 5.97. The third-order valence-electron chi connectivity index (χ3n) is 3.23. The fourth-order valence-electron chi connectivity index (χ4n) is 2.28. The second-order valence-corrected chi connectivity index (χ2v) is 5.10. The molecule has 8 nitrogen and oxygen atoms in total. The molecule has 2 rings (SSSR count). The minimum Gasteiger partial charge on any atom is -0.481 e. The van der Waals surface area contributed by atoms with Gasteiger partial charge in [0.05, 0.1) is 15.5 Å². The van der Waals surface area contributed by atoms with Crippen LogP contribution in [0.25, 0.3) is 10.9 Å². The number of aromatic nitrogens is 1. The van der Waals surface area contributed by atoms with Crippen LogP contribution < -0.4 is 5.73 Å². The van der Waals surface area contributed by atoms with Gasteiger partial charge in [-0.15, -0.1) is 0 Å². The van der Waals surface area contributed by atoms with Crippen molar-refractivity contribution in [1.82, 2.24) is 4.98 Å². The molecule has 0 saturated heterocycles. The van der Waals surface area contributed by atoms with Gasteiger partial charge in [-0.25, -0.2) is 0 Å². The number of hydrogen-bond acceptors (Lipinski definition) is 4. The molecule has 1 heterocycles. The maximum atomic E-state index is 11.5. The number of aryl methyl sites for hydroxylation is 1. The Labute approximate surface area is 129 Å². The lowest BCUT2D eigenvalue weighted by Gasteiger charge is -2.01. The molecule has 9 heteroatoms. The van der Waals surface area contributed by atoms with E-state index in [0.717, 1.165) is 0 Å². The normalized spacial score (nSPS) is 10.8. The van der Waals surface area contributed by atoms with Gasteiger partial charge in [-0.3, -0.25) is 19.7 Å². The molecule has 4 N–H and O–H groups in total. The summed E-state index contributed by atoms with van der Waals surface area (Å²) in [6.07, 6.45) is 0.415. The molecule has 0 aliphatic carbocycles. The number of nitrogens with one attached hydrogen (secondary N) is 1.